The zero-order valence-electron chi connectivity index (χ0n) is 8.62. The fourth-order valence-electron chi connectivity index (χ4n) is 1.09. The summed E-state index contributed by atoms with van der Waals surface area (Å²) in [6.45, 7) is 1.13. The fraction of sp³-hybridized carbons (Fsp3) is 0.556. The molecular formula is C9H11F3N2O2. The lowest BCUT2D eigenvalue weighted by Crippen LogP contribution is -2.17. The van der Waals surface area contributed by atoms with Crippen LogP contribution in [-0.4, -0.2) is 28.5 Å². The van der Waals surface area contributed by atoms with Gasteiger partial charge in [0.15, 0.2) is 5.78 Å². The maximum Gasteiger partial charge on any atom is 0.522 e. The van der Waals surface area contributed by atoms with Gasteiger partial charge in [0, 0.05) is 12.6 Å². The number of carbonyl (C=O) groups is 1. The first-order valence-corrected chi connectivity index (χ1v) is 4.68. The molecule has 90 valence electrons. The maximum absolute atomic E-state index is 11.6. The Bertz CT molecular complexity index is 360. The van der Waals surface area contributed by atoms with E-state index in [4.69, 9.17) is 0 Å². The van der Waals surface area contributed by atoms with Gasteiger partial charge in [0.2, 0.25) is 0 Å². The number of rotatable bonds is 5. The van der Waals surface area contributed by atoms with Crippen molar-refractivity contribution in [2.24, 2.45) is 0 Å². The SMILES string of the molecule is CCC(=O)c1cnn(CCOC(F)(F)F)c1. The minimum Gasteiger partial charge on any atom is -0.294 e. The third kappa shape index (κ3) is 4.01. The highest BCUT2D eigenvalue weighted by atomic mass is 19.4. The van der Waals surface area contributed by atoms with Gasteiger partial charge in [-0.3, -0.25) is 14.2 Å². The minimum absolute atomic E-state index is 0.0451. The van der Waals surface area contributed by atoms with Gasteiger partial charge in [-0.05, 0) is 0 Å². The summed E-state index contributed by atoms with van der Waals surface area (Å²) in [7, 11) is 0. The highest BCUT2D eigenvalue weighted by molar-refractivity contribution is 5.95. The van der Waals surface area contributed by atoms with Crippen LogP contribution in [0.25, 0.3) is 0 Å². The molecule has 0 unspecified atom stereocenters. The number of alkyl halides is 3. The molecular weight excluding hydrogens is 225 g/mol. The Morgan fingerprint density at radius 3 is 2.81 bits per heavy atom. The van der Waals surface area contributed by atoms with Crippen LogP contribution in [0.5, 0.6) is 0 Å². The van der Waals surface area contributed by atoms with Gasteiger partial charge in [-0.15, -0.1) is 13.2 Å². The van der Waals surface area contributed by atoms with E-state index < -0.39 is 13.0 Å². The van der Waals surface area contributed by atoms with E-state index in [1.54, 1.807) is 6.92 Å². The highest BCUT2D eigenvalue weighted by Crippen LogP contribution is 2.15. The summed E-state index contributed by atoms with van der Waals surface area (Å²) in [6.07, 6.45) is -1.55. The van der Waals surface area contributed by atoms with Gasteiger partial charge in [0.25, 0.3) is 0 Å². The second kappa shape index (κ2) is 5.11. The van der Waals surface area contributed by atoms with Gasteiger partial charge in [-0.1, -0.05) is 6.92 Å². The Hall–Kier alpha value is -1.37. The number of carbonyl (C=O) groups excluding carboxylic acids is 1. The molecule has 16 heavy (non-hydrogen) atoms. The van der Waals surface area contributed by atoms with Crippen LogP contribution >= 0.6 is 0 Å². The van der Waals surface area contributed by atoms with Crippen molar-refractivity contribution < 1.29 is 22.7 Å². The van der Waals surface area contributed by atoms with Gasteiger partial charge in [-0.2, -0.15) is 5.10 Å². The Morgan fingerprint density at radius 2 is 2.25 bits per heavy atom. The summed E-state index contributed by atoms with van der Waals surface area (Å²) in [5.41, 5.74) is 0.398. The molecule has 1 heterocycles. The summed E-state index contributed by atoms with van der Waals surface area (Å²) in [5.74, 6) is -0.0945. The standard InChI is InChI=1S/C9H11F3N2O2/c1-2-8(15)7-5-13-14(6-7)3-4-16-9(10,11)12/h5-6H,2-4H2,1H3. The molecule has 1 rings (SSSR count). The van der Waals surface area contributed by atoms with Gasteiger partial charge < -0.3 is 0 Å². The van der Waals surface area contributed by atoms with Gasteiger partial charge in [0.05, 0.1) is 24.9 Å². The van der Waals surface area contributed by atoms with E-state index in [9.17, 15) is 18.0 Å². The number of ether oxygens (including phenoxy) is 1. The van der Waals surface area contributed by atoms with Crippen LogP contribution in [0.15, 0.2) is 12.4 Å². The normalized spacial score (nSPS) is 11.8. The van der Waals surface area contributed by atoms with Crippen LogP contribution in [0.4, 0.5) is 13.2 Å². The molecule has 0 amide bonds. The first-order valence-electron chi connectivity index (χ1n) is 4.68. The first kappa shape index (κ1) is 12.7. The third-order valence-corrected chi connectivity index (χ3v) is 1.86. The molecule has 4 nitrogen and oxygen atoms in total. The Labute approximate surface area is 90.0 Å². The molecule has 0 spiro atoms. The number of halogens is 3. The fourth-order valence-corrected chi connectivity index (χ4v) is 1.09. The van der Waals surface area contributed by atoms with Crippen molar-refractivity contribution >= 4 is 5.78 Å². The molecule has 0 saturated carbocycles. The average molecular weight is 236 g/mol. The Kier molecular flexibility index (Phi) is 4.05. The Balaban J connectivity index is 2.44. The lowest BCUT2D eigenvalue weighted by Gasteiger charge is -2.06. The molecule has 0 atom stereocenters. The van der Waals surface area contributed by atoms with Crippen molar-refractivity contribution in [1.29, 1.82) is 0 Å². The largest absolute Gasteiger partial charge is 0.522 e. The number of ketones is 1. The van der Waals surface area contributed by atoms with E-state index >= 15 is 0 Å². The number of Topliss-reactive ketones (excluding diaryl/α,β-unsaturated/α-hetero) is 1. The monoisotopic (exact) mass is 236 g/mol. The zero-order chi connectivity index (χ0) is 12.2. The van der Waals surface area contributed by atoms with Gasteiger partial charge in [-0.25, -0.2) is 0 Å². The third-order valence-electron chi connectivity index (χ3n) is 1.86. The summed E-state index contributed by atoms with van der Waals surface area (Å²) >= 11 is 0. The number of nitrogens with zero attached hydrogens (tertiary/aromatic N) is 2. The molecule has 0 saturated heterocycles. The molecule has 0 aromatic carbocycles. The quantitative estimate of drug-likeness (QED) is 0.734. The van der Waals surface area contributed by atoms with Crippen LogP contribution in [0.3, 0.4) is 0 Å². The molecule has 1 aromatic rings. The number of hydrogen-bond acceptors (Lipinski definition) is 3. The first-order chi connectivity index (χ1) is 7.42. The molecule has 0 fully saturated rings. The minimum atomic E-state index is -4.63. The van der Waals surface area contributed by atoms with Crippen molar-refractivity contribution in [2.45, 2.75) is 26.3 Å². The van der Waals surface area contributed by atoms with E-state index in [2.05, 4.69) is 9.84 Å². The summed E-state index contributed by atoms with van der Waals surface area (Å²) in [4.78, 5) is 11.2. The lowest BCUT2D eigenvalue weighted by molar-refractivity contribution is -0.325. The molecule has 1 aromatic heterocycles. The summed E-state index contributed by atoms with van der Waals surface area (Å²) in [5, 5.41) is 3.75. The van der Waals surface area contributed by atoms with E-state index in [0.717, 1.165) is 0 Å². The predicted molar refractivity (Wildman–Crippen MR) is 48.9 cm³/mol. The topological polar surface area (TPSA) is 44.1 Å². The maximum atomic E-state index is 11.6. The van der Waals surface area contributed by atoms with Crippen LogP contribution in [0.1, 0.15) is 23.7 Å². The summed E-state index contributed by atoms with van der Waals surface area (Å²) < 4.78 is 39.7. The molecule has 0 aliphatic carbocycles. The summed E-state index contributed by atoms with van der Waals surface area (Å²) in [6, 6.07) is 0. The molecule has 0 bridgehead atoms. The van der Waals surface area contributed by atoms with Crippen LogP contribution in [0, 0.1) is 0 Å². The predicted octanol–water partition coefficient (Wildman–Crippen LogP) is 2.01. The zero-order valence-corrected chi connectivity index (χ0v) is 8.62. The van der Waals surface area contributed by atoms with Gasteiger partial charge in [0.1, 0.15) is 0 Å². The lowest BCUT2D eigenvalue weighted by atomic mass is 10.2. The van der Waals surface area contributed by atoms with Crippen molar-refractivity contribution in [2.75, 3.05) is 6.61 Å². The number of hydrogen-bond donors (Lipinski definition) is 0. The van der Waals surface area contributed by atoms with E-state index in [-0.39, 0.29) is 12.3 Å². The smallest absolute Gasteiger partial charge is 0.294 e. The van der Waals surface area contributed by atoms with Crippen molar-refractivity contribution in [1.82, 2.24) is 9.78 Å². The molecule has 0 aliphatic rings. The van der Waals surface area contributed by atoms with E-state index in [0.29, 0.717) is 12.0 Å². The van der Waals surface area contributed by atoms with Crippen molar-refractivity contribution in [3.8, 4) is 0 Å². The average Bonchev–Trinajstić information content (AvgIpc) is 2.63. The highest BCUT2D eigenvalue weighted by Gasteiger charge is 2.28. The van der Waals surface area contributed by atoms with E-state index in [1.807, 2.05) is 0 Å². The molecule has 0 aliphatic heterocycles. The Morgan fingerprint density at radius 1 is 1.56 bits per heavy atom. The van der Waals surface area contributed by atoms with Crippen LogP contribution in [-0.2, 0) is 11.3 Å². The van der Waals surface area contributed by atoms with Crippen LogP contribution < -0.4 is 0 Å². The molecule has 0 N–H and O–H groups in total. The second-order valence-corrected chi connectivity index (χ2v) is 3.06. The van der Waals surface area contributed by atoms with Crippen LogP contribution in [0.2, 0.25) is 0 Å². The van der Waals surface area contributed by atoms with Crippen molar-refractivity contribution in [3.05, 3.63) is 18.0 Å². The van der Waals surface area contributed by atoms with Crippen molar-refractivity contribution in [3.63, 3.8) is 0 Å². The van der Waals surface area contributed by atoms with Gasteiger partial charge >= 0.3 is 6.36 Å². The molecule has 0 radical (unpaired) electrons. The second-order valence-electron chi connectivity index (χ2n) is 3.06. The number of aromatic nitrogens is 2. The molecule has 7 heteroatoms. The van der Waals surface area contributed by atoms with E-state index in [1.165, 1.54) is 17.1 Å².